The van der Waals surface area contributed by atoms with E-state index in [2.05, 4.69) is 46.5 Å². The van der Waals surface area contributed by atoms with Gasteiger partial charge in [-0.1, -0.05) is 35.6 Å². The number of hydrogen-bond donors (Lipinski definition) is 3. The smallest absolute Gasteiger partial charge is 0.224 e. The summed E-state index contributed by atoms with van der Waals surface area (Å²) in [6, 6.07) is 14.4. The summed E-state index contributed by atoms with van der Waals surface area (Å²) in [6.07, 6.45) is 1.78. The second kappa shape index (κ2) is 15.3. The van der Waals surface area contributed by atoms with Crippen molar-refractivity contribution in [2.45, 2.75) is 52.5 Å². The van der Waals surface area contributed by atoms with E-state index in [0.717, 1.165) is 38.8 Å². The number of anilines is 1. The molecule has 1 aliphatic rings. The van der Waals surface area contributed by atoms with Crippen LogP contribution in [0, 0.1) is 32.6 Å². The number of halogens is 2. The Kier molecular flexibility index (Phi) is 11.5. The summed E-state index contributed by atoms with van der Waals surface area (Å²) in [5, 5.41) is 16.4. The SMILES string of the molecule is Cc1sc2c(c1C)C(c1ccc(Cl)cc1)=N[C@@H](CC(=O)NCCCCC(=O)Nc1ccc(C#CCN)cc1)c1nnc(C)n1-2.Cl. The molecule has 0 radical (unpaired) electrons. The van der Waals surface area contributed by atoms with Gasteiger partial charge in [0.15, 0.2) is 5.82 Å². The second-order valence-electron chi connectivity index (χ2n) is 10.5. The number of rotatable bonds is 9. The molecule has 12 heteroatoms. The van der Waals surface area contributed by atoms with Crippen LogP contribution in [0.4, 0.5) is 5.69 Å². The molecule has 0 unspecified atom stereocenters. The van der Waals surface area contributed by atoms with Crippen molar-refractivity contribution < 1.29 is 9.59 Å². The summed E-state index contributed by atoms with van der Waals surface area (Å²) < 4.78 is 2.03. The van der Waals surface area contributed by atoms with Crippen LogP contribution in [0.3, 0.4) is 0 Å². The number of hydrogen-bond acceptors (Lipinski definition) is 7. The molecule has 0 bridgehead atoms. The highest BCUT2D eigenvalue weighted by atomic mass is 35.5. The van der Waals surface area contributed by atoms with Crippen molar-refractivity contribution in [2.24, 2.45) is 10.7 Å². The van der Waals surface area contributed by atoms with Crippen LogP contribution in [-0.4, -0.2) is 45.4 Å². The molecule has 5 rings (SSSR count). The zero-order chi connectivity index (χ0) is 31.2. The molecule has 2 amide bonds. The minimum Gasteiger partial charge on any atom is -0.356 e. The van der Waals surface area contributed by atoms with Crippen LogP contribution in [0.1, 0.15) is 70.5 Å². The van der Waals surface area contributed by atoms with Crippen LogP contribution in [-0.2, 0) is 9.59 Å². The number of benzene rings is 2. The van der Waals surface area contributed by atoms with Gasteiger partial charge in [0.05, 0.1) is 18.7 Å². The zero-order valence-corrected chi connectivity index (χ0v) is 27.7. The number of aliphatic imine (C=N–C) groups is 1. The zero-order valence-electron chi connectivity index (χ0n) is 25.3. The van der Waals surface area contributed by atoms with Crippen LogP contribution >= 0.6 is 35.3 Å². The first-order valence-corrected chi connectivity index (χ1v) is 15.7. The van der Waals surface area contributed by atoms with E-state index in [9.17, 15) is 9.59 Å². The number of fused-ring (bicyclic) bond motifs is 3. The molecule has 0 saturated heterocycles. The number of carbonyl (C=O) groups is 2. The predicted octanol–water partition coefficient (Wildman–Crippen LogP) is 5.85. The number of nitrogens with two attached hydrogens (primary N) is 1. The van der Waals surface area contributed by atoms with E-state index < -0.39 is 6.04 Å². The molecule has 1 atom stereocenters. The molecule has 9 nitrogen and oxygen atoms in total. The van der Waals surface area contributed by atoms with Crippen LogP contribution in [0.5, 0.6) is 0 Å². The Labute approximate surface area is 278 Å². The maximum Gasteiger partial charge on any atom is 0.224 e. The van der Waals surface area contributed by atoms with Gasteiger partial charge in [-0.2, -0.15) is 0 Å². The van der Waals surface area contributed by atoms with Gasteiger partial charge < -0.3 is 16.4 Å². The van der Waals surface area contributed by atoms with E-state index in [1.54, 1.807) is 11.3 Å². The van der Waals surface area contributed by atoms with E-state index in [4.69, 9.17) is 22.3 Å². The Morgan fingerprint density at radius 3 is 2.47 bits per heavy atom. The first-order chi connectivity index (χ1) is 21.2. The quantitative estimate of drug-likeness (QED) is 0.153. The molecule has 234 valence electrons. The Balaban J connectivity index is 0.00000461. The summed E-state index contributed by atoms with van der Waals surface area (Å²) >= 11 is 7.87. The van der Waals surface area contributed by atoms with Gasteiger partial charge >= 0.3 is 0 Å². The standard InChI is InChI=1S/C33H34ClN7O2S.ClH/c1-20-21(2)44-33-30(20)31(24-11-13-25(34)14-12-24)38-27(32-40-39-22(3)41(32)33)19-29(43)36-18-5-4-8-28(42)37-26-15-9-23(10-16-26)7-6-17-35;/h9-16,27H,4-5,8,17-19,35H2,1-3H3,(H,36,43)(H,37,42);1H/t27-;/m0./s1. The van der Waals surface area contributed by atoms with Crippen molar-refractivity contribution in [2.75, 3.05) is 18.4 Å². The molecule has 0 fully saturated rings. The highest BCUT2D eigenvalue weighted by Crippen LogP contribution is 2.39. The maximum absolute atomic E-state index is 13.1. The molecule has 4 N–H and O–H groups in total. The van der Waals surface area contributed by atoms with Crippen molar-refractivity contribution in [1.29, 1.82) is 0 Å². The Bertz CT molecular complexity index is 1770. The highest BCUT2D eigenvalue weighted by Gasteiger charge is 2.32. The number of thiophene rings is 1. The van der Waals surface area contributed by atoms with E-state index >= 15 is 0 Å². The van der Waals surface area contributed by atoms with Crippen molar-refractivity contribution in [1.82, 2.24) is 20.1 Å². The minimum absolute atomic E-state index is 0. The fourth-order valence-corrected chi connectivity index (χ4v) is 6.37. The van der Waals surface area contributed by atoms with Crippen LogP contribution in [0.25, 0.3) is 5.00 Å². The molecule has 0 aliphatic carbocycles. The number of unbranched alkanes of at least 4 members (excludes halogenated alkanes) is 1. The molecule has 0 spiro atoms. The average Bonchev–Trinajstić information content (AvgIpc) is 3.48. The van der Waals surface area contributed by atoms with Gasteiger partial charge in [0.1, 0.15) is 16.9 Å². The molecule has 3 heterocycles. The van der Waals surface area contributed by atoms with Crippen molar-refractivity contribution in [3.63, 3.8) is 0 Å². The van der Waals surface area contributed by atoms with Gasteiger partial charge in [0.25, 0.3) is 0 Å². The van der Waals surface area contributed by atoms with Gasteiger partial charge in [-0.25, -0.2) is 0 Å². The monoisotopic (exact) mass is 663 g/mol. The summed E-state index contributed by atoms with van der Waals surface area (Å²) in [7, 11) is 0. The average molecular weight is 665 g/mol. The third-order valence-corrected chi connectivity index (χ3v) is 8.84. The second-order valence-corrected chi connectivity index (χ2v) is 12.2. The number of nitrogens with one attached hydrogen (secondary N) is 2. The normalized spacial score (nSPS) is 13.3. The Morgan fingerprint density at radius 2 is 1.76 bits per heavy atom. The molecule has 2 aromatic heterocycles. The number of carbonyl (C=O) groups excluding carboxylic acids is 2. The molecular formula is C33H35Cl2N7O2S. The predicted molar refractivity (Wildman–Crippen MR) is 183 cm³/mol. The Hall–Kier alpha value is -4.01. The van der Waals surface area contributed by atoms with Crippen molar-refractivity contribution >= 4 is 58.6 Å². The van der Waals surface area contributed by atoms with Gasteiger partial charge in [0, 0.05) is 45.2 Å². The largest absolute Gasteiger partial charge is 0.356 e. The van der Waals surface area contributed by atoms with Crippen LogP contribution in [0.15, 0.2) is 53.5 Å². The fourth-order valence-electron chi connectivity index (χ4n) is 5.03. The summed E-state index contributed by atoms with van der Waals surface area (Å²) in [5.41, 5.74) is 10.9. The first kappa shape index (κ1) is 33.9. The topological polar surface area (TPSA) is 127 Å². The van der Waals surface area contributed by atoms with Crippen molar-refractivity contribution in [3.05, 3.63) is 92.3 Å². The van der Waals surface area contributed by atoms with Crippen molar-refractivity contribution in [3.8, 4) is 16.8 Å². The number of aromatic nitrogens is 3. The van der Waals surface area contributed by atoms with E-state index in [0.29, 0.717) is 48.9 Å². The summed E-state index contributed by atoms with van der Waals surface area (Å²) in [4.78, 5) is 31.9. The third kappa shape index (κ3) is 7.99. The minimum atomic E-state index is -0.528. The molecule has 2 aromatic carbocycles. The van der Waals surface area contributed by atoms with E-state index in [1.165, 1.54) is 4.88 Å². The number of nitrogens with zero attached hydrogens (tertiary/aromatic N) is 4. The third-order valence-electron chi connectivity index (χ3n) is 7.39. The molecule has 0 saturated carbocycles. The lowest BCUT2D eigenvalue weighted by Gasteiger charge is -2.13. The van der Waals surface area contributed by atoms with Crippen LogP contribution < -0.4 is 16.4 Å². The van der Waals surface area contributed by atoms with Gasteiger partial charge in [0.2, 0.25) is 11.8 Å². The fraction of sp³-hybridized carbons (Fsp3) is 0.303. The lowest BCUT2D eigenvalue weighted by molar-refractivity contribution is -0.121. The lowest BCUT2D eigenvalue weighted by atomic mass is 9.99. The maximum atomic E-state index is 13.1. The molecule has 45 heavy (non-hydrogen) atoms. The van der Waals surface area contributed by atoms with Gasteiger partial charge in [-0.15, -0.1) is 33.9 Å². The lowest BCUT2D eigenvalue weighted by Crippen LogP contribution is -2.26. The van der Waals surface area contributed by atoms with Gasteiger partial charge in [-0.05, 0) is 75.6 Å². The number of amides is 2. The Morgan fingerprint density at radius 1 is 1.02 bits per heavy atom. The molecule has 4 aromatic rings. The number of aryl methyl sites for hydroxylation is 2. The highest BCUT2D eigenvalue weighted by molar-refractivity contribution is 7.15. The molecule has 1 aliphatic heterocycles. The first-order valence-electron chi connectivity index (χ1n) is 14.5. The summed E-state index contributed by atoms with van der Waals surface area (Å²) in [5.74, 6) is 6.93. The van der Waals surface area contributed by atoms with Gasteiger partial charge in [-0.3, -0.25) is 19.1 Å². The molecular weight excluding hydrogens is 629 g/mol. The van der Waals surface area contributed by atoms with E-state index in [-0.39, 0.29) is 30.6 Å². The summed E-state index contributed by atoms with van der Waals surface area (Å²) in [6.45, 7) is 6.87. The van der Waals surface area contributed by atoms with Crippen LogP contribution in [0.2, 0.25) is 5.02 Å². The van der Waals surface area contributed by atoms with E-state index in [1.807, 2.05) is 60.0 Å².